The number of amides is 1. The summed E-state index contributed by atoms with van der Waals surface area (Å²) in [6.45, 7) is 8.10. The lowest BCUT2D eigenvalue weighted by molar-refractivity contribution is 0.0932. The fourth-order valence-corrected chi connectivity index (χ4v) is 4.20. The molecule has 0 saturated carbocycles. The zero-order valence-electron chi connectivity index (χ0n) is 18.3. The van der Waals surface area contributed by atoms with Crippen LogP contribution in [0.5, 0.6) is 0 Å². The Morgan fingerprint density at radius 2 is 1.87 bits per heavy atom. The number of fused-ring (bicyclic) bond motifs is 1. The maximum atomic E-state index is 12.9. The number of piperidine rings is 1. The predicted molar refractivity (Wildman–Crippen MR) is 127 cm³/mol. The Labute approximate surface area is 190 Å². The molecular formula is C24H32ClN5O. The largest absolute Gasteiger partial charge is 0.350 e. The number of rotatable bonds is 7. The summed E-state index contributed by atoms with van der Waals surface area (Å²) in [5.74, 6) is 0.460. The van der Waals surface area contributed by atoms with E-state index in [9.17, 15) is 4.79 Å². The predicted octanol–water partition coefficient (Wildman–Crippen LogP) is 4.12. The van der Waals surface area contributed by atoms with Gasteiger partial charge in [0.25, 0.3) is 5.91 Å². The lowest BCUT2D eigenvalue weighted by atomic mass is 9.96. The average Bonchev–Trinajstić information content (AvgIpc) is 3.18. The van der Waals surface area contributed by atoms with Gasteiger partial charge in [-0.3, -0.25) is 14.5 Å². The van der Waals surface area contributed by atoms with Crippen LogP contribution in [0.25, 0.3) is 10.9 Å². The number of hydrogen-bond donors (Lipinski definition) is 1. The Kier molecular flexibility index (Phi) is 8.04. The van der Waals surface area contributed by atoms with Crippen LogP contribution in [0.3, 0.4) is 0 Å². The fourth-order valence-electron chi connectivity index (χ4n) is 4.20. The van der Waals surface area contributed by atoms with Crippen molar-refractivity contribution in [1.82, 2.24) is 25.0 Å². The van der Waals surface area contributed by atoms with E-state index in [1.807, 2.05) is 47.3 Å². The molecule has 3 aromatic rings. The van der Waals surface area contributed by atoms with Crippen molar-refractivity contribution in [2.24, 2.45) is 5.92 Å². The number of aromatic nitrogens is 3. The summed E-state index contributed by atoms with van der Waals surface area (Å²) in [6.07, 6.45) is 5.08. The number of hydrogen-bond acceptors (Lipinski definition) is 4. The molecule has 0 aliphatic carbocycles. The second kappa shape index (κ2) is 10.7. The van der Waals surface area contributed by atoms with Gasteiger partial charge in [-0.15, -0.1) is 12.4 Å². The maximum Gasteiger partial charge on any atom is 0.272 e. The normalized spacial score (nSPS) is 15.2. The van der Waals surface area contributed by atoms with Crippen molar-refractivity contribution in [3.05, 3.63) is 60.0 Å². The van der Waals surface area contributed by atoms with E-state index in [-0.39, 0.29) is 24.4 Å². The van der Waals surface area contributed by atoms with Gasteiger partial charge in [-0.05, 0) is 63.9 Å². The van der Waals surface area contributed by atoms with Gasteiger partial charge in [-0.1, -0.05) is 24.3 Å². The van der Waals surface area contributed by atoms with Crippen LogP contribution in [0.4, 0.5) is 0 Å². The molecule has 1 aromatic carbocycles. The van der Waals surface area contributed by atoms with Crippen LogP contribution in [0.1, 0.15) is 48.9 Å². The molecule has 7 heteroatoms. The van der Waals surface area contributed by atoms with Gasteiger partial charge in [0, 0.05) is 42.8 Å². The van der Waals surface area contributed by atoms with Crippen LogP contribution in [-0.2, 0) is 6.42 Å². The van der Waals surface area contributed by atoms with Gasteiger partial charge in [0.05, 0.1) is 5.52 Å². The van der Waals surface area contributed by atoms with Gasteiger partial charge in [0.1, 0.15) is 0 Å². The van der Waals surface area contributed by atoms with Gasteiger partial charge in [-0.2, -0.15) is 5.10 Å². The first-order chi connectivity index (χ1) is 14.6. The lowest BCUT2D eigenvalue weighted by Gasteiger charge is -2.31. The molecule has 1 aliphatic heterocycles. The summed E-state index contributed by atoms with van der Waals surface area (Å²) in [6, 6.07) is 14.3. The third kappa shape index (κ3) is 5.63. The van der Waals surface area contributed by atoms with Gasteiger partial charge in [-0.25, -0.2) is 0 Å². The molecular weight excluding hydrogens is 410 g/mol. The molecule has 166 valence electrons. The zero-order valence-corrected chi connectivity index (χ0v) is 19.1. The molecule has 2 aromatic heterocycles. The van der Waals surface area contributed by atoms with Crippen molar-refractivity contribution in [2.45, 2.75) is 39.2 Å². The molecule has 1 N–H and O–H groups in total. The molecule has 31 heavy (non-hydrogen) atoms. The minimum Gasteiger partial charge on any atom is -0.350 e. The third-order valence-corrected chi connectivity index (χ3v) is 5.99. The minimum absolute atomic E-state index is 0. The van der Waals surface area contributed by atoms with Gasteiger partial charge < -0.3 is 10.2 Å². The maximum absolute atomic E-state index is 12.9. The van der Waals surface area contributed by atoms with E-state index in [0.717, 1.165) is 62.0 Å². The highest BCUT2D eigenvalue weighted by Crippen LogP contribution is 2.22. The summed E-state index contributed by atoms with van der Waals surface area (Å²) in [5.41, 5.74) is 2.70. The minimum atomic E-state index is -0.0665. The van der Waals surface area contributed by atoms with Gasteiger partial charge >= 0.3 is 0 Å². The molecule has 1 amide bonds. The molecule has 0 spiro atoms. The highest BCUT2D eigenvalue weighted by Gasteiger charge is 2.22. The number of halogens is 1. The third-order valence-electron chi connectivity index (χ3n) is 5.99. The highest BCUT2D eigenvalue weighted by molar-refractivity contribution is 6.04. The number of pyridine rings is 1. The van der Waals surface area contributed by atoms with E-state index in [4.69, 9.17) is 0 Å². The van der Waals surface area contributed by atoms with E-state index in [1.54, 1.807) is 0 Å². The molecule has 1 fully saturated rings. The summed E-state index contributed by atoms with van der Waals surface area (Å²) < 4.78 is 1.93. The standard InChI is InChI=1S/C24H31N5O.ClH/c1-18(2)29-22-9-4-3-8-21(22)23(27-29)24(30)26-17-19-10-14-28(15-11-19)16-12-20-7-5-6-13-25-20;/h3-9,13,18-19H,10-12,14-17H2,1-2H3,(H,26,30);1H. The van der Waals surface area contributed by atoms with Gasteiger partial charge in [0.2, 0.25) is 0 Å². The number of nitrogens with zero attached hydrogens (tertiary/aromatic N) is 4. The quantitative estimate of drug-likeness (QED) is 0.599. The molecule has 4 rings (SSSR count). The van der Waals surface area contributed by atoms with Crippen molar-refractivity contribution in [3.63, 3.8) is 0 Å². The van der Waals surface area contributed by atoms with Crippen molar-refractivity contribution >= 4 is 29.2 Å². The molecule has 1 aliphatic rings. The number of benzene rings is 1. The topological polar surface area (TPSA) is 63.1 Å². The van der Waals surface area contributed by atoms with E-state index < -0.39 is 0 Å². The van der Waals surface area contributed by atoms with Crippen molar-refractivity contribution in [3.8, 4) is 0 Å². The SMILES string of the molecule is CC(C)n1nc(C(=O)NCC2CCN(CCc3ccccn3)CC2)c2ccccc21.Cl. The van der Waals surface area contributed by atoms with E-state index in [0.29, 0.717) is 11.6 Å². The molecule has 3 heterocycles. The lowest BCUT2D eigenvalue weighted by Crippen LogP contribution is -2.39. The van der Waals surface area contributed by atoms with Crippen LogP contribution in [0.15, 0.2) is 48.7 Å². The van der Waals surface area contributed by atoms with Crippen LogP contribution in [0.2, 0.25) is 0 Å². The van der Waals surface area contributed by atoms with Crippen LogP contribution >= 0.6 is 12.4 Å². The van der Waals surface area contributed by atoms with Crippen molar-refractivity contribution in [1.29, 1.82) is 0 Å². The zero-order chi connectivity index (χ0) is 20.9. The molecule has 0 atom stereocenters. The van der Waals surface area contributed by atoms with Crippen LogP contribution in [0, 0.1) is 5.92 Å². The first kappa shape index (κ1) is 23.2. The van der Waals surface area contributed by atoms with E-state index in [1.165, 1.54) is 0 Å². The van der Waals surface area contributed by atoms with E-state index >= 15 is 0 Å². The summed E-state index contributed by atoms with van der Waals surface area (Å²) in [5, 5.41) is 8.67. The van der Waals surface area contributed by atoms with Crippen LogP contribution < -0.4 is 5.32 Å². The molecule has 0 bridgehead atoms. The monoisotopic (exact) mass is 441 g/mol. The summed E-state index contributed by atoms with van der Waals surface area (Å²) in [4.78, 5) is 19.8. The molecule has 1 saturated heterocycles. The molecule has 0 radical (unpaired) electrons. The number of likely N-dealkylation sites (tertiary alicyclic amines) is 1. The molecule has 0 unspecified atom stereocenters. The Morgan fingerprint density at radius 1 is 1.13 bits per heavy atom. The van der Waals surface area contributed by atoms with Crippen molar-refractivity contribution in [2.75, 3.05) is 26.2 Å². The number of para-hydroxylation sites is 1. The fraction of sp³-hybridized carbons (Fsp3) is 0.458. The second-order valence-electron chi connectivity index (χ2n) is 8.47. The Balaban J connectivity index is 0.00000272. The Hall–Kier alpha value is -2.44. The summed E-state index contributed by atoms with van der Waals surface area (Å²) >= 11 is 0. The first-order valence-corrected chi connectivity index (χ1v) is 11.0. The van der Waals surface area contributed by atoms with Crippen molar-refractivity contribution < 1.29 is 4.79 Å². The first-order valence-electron chi connectivity index (χ1n) is 11.0. The number of carbonyl (C=O) groups excluding carboxylic acids is 1. The number of nitrogens with one attached hydrogen (secondary N) is 1. The van der Waals surface area contributed by atoms with E-state index in [2.05, 4.69) is 40.2 Å². The molecule has 6 nitrogen and oxygen atoms in total. The Morgan fingerprint density at radius 3 is 2.58 bits per heavy atom. The number of carbonyl (C=O) groups is 1. The second-order valence-corrected chi connectivity index (χ2v) is 8.47. The highest BCUT2D eigenvalue weighted by atomic mass is 35.5. The summed E-state index contributed by atoms with van der Waals surface area (Å²) in [7, 11) is 0. The van der Waals surface area contributed by atoms with Crippen LogP contribution in [-0.4, -0.2) is 51.8 Å². The van der Waals surface area contributed by atoms with Gasteiger partial charge in [0.15, 0.2) is 5.69 Å². The Bertz CT molecular complexity index is 980. The smallest absolute Gasteiger partial charge is 0.272 e. The average molecular weight is 442 g/mol.